The molecule has 0 aromatic carbocycles. The Labute approximate surface area is 93.0 Å². The topological polar surface area (TPSA) is 52.7 Å². The van der Waals surface area contributed by atoms with Gasteiger partial charge in [-0.05, 0) is 5.92 Å². The first-order valence-electron chi connectivity index (χ1n) is 5.73. The standard InChI is InChI=1S/C11H24N3O/c1-10(2)8-13-3-5-14(6-4-13)9-11(15)7-12/h11,15H,3-9,12H2,1-2H3. The molecule has 4 heteroatoms. The monoisotopic (exact) mass is 214 g/mol. The number of nitrogens with two attached hydrogens (primary N) is 1. The summed E-state index contributed by atoms with van der Waals surface area (Å²) in [5.41, 5.74) is 5.39. The third-order valence-electron chi connectivity index (χ3n) is 2.75. The van der Waals surface area contributed by atoms with Crippen molar-refractivity contribution in [2.24, 2.45) is 5.73 Å². The van der Waals surface area contributed by atoms with Crippen LogP contribution in [0.3, 0.4) is 0 Å². The molecule has 15 heavy (non-hydrogen) atoms. The zero-order chi connectivity index (χ0) is 11.3. The fourth-order valence-corrected chi connectivity index (χ4v) is 1.95. The molecule has 1 rings (SSSR count). The highest BCUT2D eigenvalue weighted by Gasteiger charge is 2.18. The maximum absolute atomic E-state index is 9.44. The highest BCUT2D eigenvalue weighted by molar-refractivity contribution is 4.84. The van der Waals surface area contributed by atoms with Gasteiger partial charge in [0.1, 0.15) is 0 Å². The lowest BCUT2D eigenvalue weighted by atomic mass is 10.2. The summed E-state index contributed by atoms with van der Waals surface area (Å²) >= 11 is 0. The Morgan fingerprint density at radius 3 is 2.20 bits per heavy atom. The maximum atomic E-state index is 9.44. The second kappa shape index (κ2) is 6.43. The normalized spacial score (nSPS) is 22.2. The van der Waals surface area contributed by atoms with Crippen LogP contribution in [0.15, 0.2) is 0 Å². The molecule has 0 aromatic heterocycles. The third-order valence-corrected chi connectivity index (χ3v) is 2.75. The van der Waals surface area contributed by atoms with Crippen molar-refractivity contribution in [2.45, 2.75) is 20.0 Å². The fourth-order valence-electron chi connectivity index (χ4n) is 1.95. The Morgan fingerprint density at radius 1 is 1.20 bits per heavy atom. The van der Waals surface area contributed by atoms with Gasteiger partial charge in [-0.15, -0.1) is 0 Å². The van der Waals surface area contributed by atoms with Crippen LogP contribution in [0.1, 0.15) is 13.8 Å². The molecule has 1 aliphatic rings. The van der Waals surface area contributed by atoms with Crippen molar-refractivity contribution in [3.05, 3.63) is 5.92 Å². The van der Waals surface area contributed by atoms with Gasteiger partial charge < -0.3 is 15.7 Å². The number of nitrogens with zero attached hydrogens (tertiary/aromatic N) is 2. The van der Waals surface area contributed by atoms with Crippen LogP contribution in [0.2, 0.25) is 0 Å². The summed E-state index contributed by atoms with van der Waals surface area (Å²) in [6.07, 6.45) is -0.365. The second-order valence-electron chi connectivity index (χ2n) is 4.67. The number of rotatable bonds is 5. The van der Waals surface area contributed by atoms with Gasteiger partial charge in [-0.1, -0.05) is 13.8 Å². The number of hydrogen-bond acceptors (Lipinski definition) is 4. The minimum absolute atomic E-state index is 0.363. The smallest absolute Gasteiger partial charge is 0.0789 e. The predicted octanol–water partition coefficient (Wildman–Crippen LogP) is -0.462. The van der Waals surface area contributed by atoms with E-state index in [0.717, 1.165) is 39.3 Å². The molecule has 0 bridgehead atoms. The van der Waals surface area contributed by atoms with Crippen LogP contribution in [0.25, 0.3) is 0 Å². The number of β-amino-alcohol motifs (C(OH)–C–C–N with tert-alkyl or cyclic N) is 1. The lowest BCUT2D eigenvalue weighted by Gasteiger charge is -2.36. The average molecular weight is 214 g/mol. The van der Waals surface area contributed by atoms with Crippen LogP contribution >= 0.6 is 0 Å². The molecule has 1 heterocycles. The molecule has 0 amide bonds. The highest BCUT2D eigenvalue weighted by atomic mass is 16.3. The van der Waals surface area contributed by atoms with E-state index in [0.29, 0.717) is 6.54 Å². The number of piperazine rings is 1. The molecule has 0 aromatic rings. The molecule has 3 N–H and O–H groups in total. The zero-order valence-corrected chi connectivity index (χ0v) is 9.95. The highest BCUT2D eigenvalue weighted by Crippen LogP contribution is 2.06. The minimum atomic E-state index is -0.365. The summed E-state index contributed by atoms with van der Waals surface area (Å²) < 4.78 is 0. The fraction of sp³-hybridized carbons (Fsp3) is 0.909. The van der Waals surface area contributed by atoms with Crippen molar-refractivity contribution in [3.63, 3.8) is 0 Å². The van der Waals surface area contributed by atoms with Crippen molar-refractivity contribution in [2.75, 3.05) is 45.8 Å². The molecular weight excluding hydrogens is 190 g/mol. The predicted molar refractivity (Wildman–Crippen MR) is 62.5 cm³/mol. The molecule has 1 unspecified atom stereocenters. The number of aliphatic hydroxyl groups excluding tert-OH is 1. The number of aliphatic hydroxyl groups is 1. The van der Waals surface area contributed by atoms with E-state index in [9.17, 15) is 5.11 Å². The first-order valence-corrected chi connectivity index (χ1v) is 5.73. The third kappa shape index (κ3) is 4.93. The Balaban J connectivity index is 2.18. The molecule has 1 fully saturated rings. The Bertz CT molecular complexity index is 167. The van der Waals surface area contributed by atoms with Crippen LogP contribution in [0.4, 0.5) is 0 Å². The van der Waals surface area contributed by atoms with Gasteiger partial charge >= 0.3 is 0 Å². The van der Waals surface area contributed by atoms with E-state index in [1.54, 1.807) is 0 Å². The van der Waals surface area contributed by atoms with Gasteiger partial charge in [-0.2, -0.15) is 0 Å². The molecule has 1 atom stereocenters. The van der Waals surface area contributed by atoms with Crippen LogP contribution in [0.5, 0.6) is 0 Å². The Kier molecular flexibility index (Phi) is 5.53. The van der Waals surface area contributed by atoms with Crippen LogP contribution in [-0.2, 0) is 0 Å². The minimum Gasteiger partial charge on any atom is -0.390 e. The van der Waals surface area contributed by atoms with E-state index < -0.39 is 0 Å². The van der Waals surface area contributed by atoms with E-state index in [-0.39, 0.29) is 6.10 Å². The summed E-state index contributed by atoms with van der Waals surface area (Å²) in [5.74, 6) is 1.46. The quantitative estimate of drug-likeness (QED) is 0.650. The summed E-state index contributed by atoms with van der Waals surface area (Å²) in [7, 11) is 0. The van der Waals surface area contributed by atoms with E-state index in [4.69, 9.17) is 5.73 Å². The maximum Gasteiger partial charge on any atom is 0.0789 e. The summed E-state index contributed by atoms with van der Waals surface area (Å²) in [5, 5.41) is 9.44. The molecule has 0 saturated carbocycles. The molecule has 1 saturated heterocycles. The van der Waals surface area contributed by atoms with Gasteiger partial charge in [0.15, 0.2) is 0 Å². The Morgan fingerprint density at radius 2 is 1.73 bits per heavy atom. The van der Waals surface area contributed by atoms with Crippen molar-refractivity contribution >= 4 is 0 Å². The molecule has 1 radical (unpaired) electrons. The van der Waals surface area contributed by atoms with Crippen molar-refractivity contribution in [3.8, 4) is 0 Å². The van der Waals surface area contributed by atoms with Gasteiger partial charge in [0, 0.05) is 45.8 Å². The molecule has 89 valence electrons. The molecule has 1 aliphatic heterocycles. The summed E-state index contributed by atoms with van der Waals surface area (Å²) in [6, 6.07) is 0. The molecule has 0 aliphatic carbocycles. The van der Waals surface area contributed by atoms with Gasteiger partial charge in [-0.3, -0.25) is 4.90 Å². The lowest BCUT2D eigenvalue weighted by Crippen LogP contribution is -2.49. The largest absolute Gasteiger partial charge is 0.390 e. The van der Waals surface area contributed by atoms with Crippen molar-refractivity contribution < 1.29 is 5.11 Å². The molecular formula is C11H24N3O. The summed E-state index contributed by atoms with van der Waals surface area (Å²) in [6.45, 7) is 10.8. The molecule has 0 spiro atoms. The van der Waals surface area contributed by atoms with Gasteiger partial charge in [-0.25, -0.2) is 0 Å². The van der Waals surface area contributed by atoms with E-state index >= 15 is 0 Å². The zero-order valence-electron chi connectivity index (χ0n) is 9.95. The van der Waals surface area contributed by atoms with E-state index in [2.05, 4.69) is 23.6 Å². The van der Waals surface area contributed by atoms with E-state index in [1.807, 2.05) is 0 Å². The van der Waals surface area contributed by atoms with Crippen LogP contribution < -0.4 is 5.73 Å². The SMILES string of the molecule is C[C](C)CN1CCN(CC(O)CN)CC1. The van der Waals surface area contributed by atoms with Crippen molar-refractivity contribution in [1.82, 2.24) is 9.80 Å². The Hall–Kier alpha value is -0.160. The van der Waals surface area contributed by atoms with Gasteiger partial charge in [0.05, 0.1) is 6.10 Å². The second-order valence-corrected chi connectivity index (χ2v) is 4.67. The molecule has 4 nitrogen and oxygen atoms in total. The lowest BCUT2D eigenvalue weighted by molar-refractivity contribution is 0.0781. The van der Waals surface area contributed by atoms with E-state index in [1.165, 1.54) is 5.92 Å². The van der Waals surface area contributed by atoms with Crippen LogP contribution in [0, 0.1) is 5.92 Å². The van der Waals surface area contributed by atoms with Gasteiger partial charge in [0.25, 0.3) is 0 Å². The van der Waals surface area contributed by atoms with Gasteiger partial charge in [0.2, 0.25) is 0 Å². The van der Waals surface area contributed by atoms with Crippen LogP contribution in [-0.4, -0.2) is 66.8 Å². The summed E-state index contributed by atoms with van der Waals surface area (Å²) in [4.78, 5) is 4.75. The first kappa shape index (κ1) is 12.9. The first-order chi connectivity index (χ1) is 7.11. The average Bonchev–Trinajstić information content (AvgIpc) is 2.20. The van der Waals surface area contributed by atoms with Crippen molar-refractivity contribution in [1.29, 1.82) is 0 Å². The number of hydrogen-bond donors (Lipinski definition) is 2.